The highest BCUT2D eigenvalue weighted by molar-refractivity contribution is 6.01. The van der Waals surface area contributed by atoms with E-state index in [1.54, 1.807) is 4.90 Å². The van der Waals surface area contributed by atoms with Gasteiger partial charge in [0.1, 0.15) is 0 Å². The minimum atomic E-state index is -0.320. The van der Waals surface area contributed by atoms with Crippen LogP contribution in [0.2, 0.25) is 0 Å². The van der Waals surface area contributed by atoms with Crippen LogP contribution < -0.4 is 0 Å². The molecule has 102 valence electrons. The molecule has 1 aromatic rings. The molecule has 0 aromatic heterocycles. The first kappa shape index (κ1) is 13.8. The Morgan fingerprint density at radius 1 is 1.16 bits per heavy atom. The summed E-state index contributed by atoms with van der Waals surface area (Å²) >= 11 is 0. The van der Waals surface area contributed by atoms with Crippen LogP contribution in [0.1, 0.15) is 43.6 Å². The number of fused-ring (bicyclic) bond motifs is 1. The lowest BCUT2D eigenvalue weighted by molar-refractivity contribution is -0.128. The van der Waals surface area contributed by atoms with Crippen molar-refractivity contribution in [1.29, 1.82) is 0 Å². The van der Waals surface area contributed by atoms with Crippen molar-refractivity contribution in [2.75, 3.05) is 0 Å². The molecule has 0 fully saturated rings. The van der Waals surface area contributed by atoms with Crippen LogP contribution in [0.25, 0.3) is 0 Å². The Balaban J connectivity index is 2.32. The number of benzene rings is 1. The smallest absolute Gasteiger partial charge is 0.255 e. The first-order valence-electron chi connectivity index (χ1n) is 6.86. The fourth-order valence-electron chi connectivity index (χ4n) is 2.69. The number of rotatable bonds is 4. The Morgan fingerprint density at radius 3 is 2.32 bits per heavy atom. The SMILES string of the molecule is CC(C)C(=O)C(C(C)C)N1Cc2ccccc2C1=O. The van der Waals surface area contributed by atoms with Crippen LogP contribution in [0.15, 0.2) is 24.3 Å². The van der Waals surface area contributed by atoms with Gasteiger partial charge in [-0.05, 0) is 17.5 Å². The molecule has 1 heterocycles. The predicted molar refractivity (Wildman–Crippen MR) is 74.8 cm³/mol. The van der Waals surface area contributed by atoms with Gasteiger partial charge in [0, 0.05) is 18.0 Å². The lowest BCUT2D eigenvalue weighted by atomic mass is 9.91. The minimum Gasteiger partial charge on any atom is -0.324 e. The zero-order valence-electron chi connectivity index (χ0n) is 12.0. The second-order valence-electron chi connectivity index (χ2n) is 5.84. The van der Waals surface area contributed by atoms with Gasteiger partial charge in [0.25, 0.3) is 5.91 Å². The average molecular weight is 259 g/mol. The Hall–Kier alpha value is -1.64. The second-order valence-corrected chi connectivity index (χ2v) is 5.84. The van der Waals surface area contributed by atoms with Gasteiger partial charge in [-0.3, -0.25) is 9.59 Å². The summed E-state index contributed by atoms with van der Waals surface area (Å²) in [5.41, 5.74) is 1.76. The third-order valence-corrected chi connectivity index (χ3v) is 3.68. The fraction of sp³-hybridized carbons (Fsp3) is 0.500. The lowest BCUT2D eigenvalue weighted by Gasteiger charge is -2.31. The Kier molecular flexibility index (Phi) is 3.74. The molecule has 0 spiro atoms. The molecule has 1 aliphatic rings. The van der Waals surface area contributed by atoms with E-state index in [2.05, 4.69) is 0 Å². The van der Waals surface area contributed by atoms with E-state index >= 15 is 0 Å². The normalized spacial score (nSPS) is 16.1. The molecule has 3 nitrogen and oxygen atoms in total. The summed E-state index contributed by atoms with van der Waals surface area (Å²) in [7, 11) is 0. The summed E-state index contributed by atoms with van der Waals surface area (Å²) in [6, 6.07) is 7.29. The summed E-state index contributed by atoms with van der Waals surface area (Å²) in [5, 5.41) is 0. The molecular weight excluding hydrogens is 238 g/mol. The molecule has 1 unspecified atom stereocenters. The van der Waals surface area contributed by atoms with Gasteiger partial charge < -0.3 is 4.90 Å². The molecule has 0 saturated carbocycles. The van der Waals surface area contributed by atoms with Crippen LogP contribution in [-0.4, -0.2) is 22.6 Å². The number of carbonyl (C=O) groups excluding carboxylic acids is 2. The predicted octanol–water partition coefficient (Wildman–Crippen LogP) is 2.89. The van der Waals surface area contributed by atoms with E-state index in [-0.39, 0.29) is 29.6 Å². The van der Waals surface area contributed by atoms with Crippen molar-refractivity contribution < 1.29 is 9.59 Å². The van der Waals surface area contributed by atoms with Crippen molar-refractivity contribution in [2.24, 2.45) is 11.8 Å². The van der Waals surface area contributed by atoms with Crippen molar-refractivity contribution in [3.8, 4) is 0 Å². The number of amides is 1. The van der Waals surface area contributed by atoms with Crippen LogP contribution in [-0.2, 0) is 11.3 Å². The Morgan fingerprint density at radius 2 is 1.79 bits per heavy atom. The van der Waals surface area contributed by atoms with Gasteiger partial charge in [-0.25, -0.2) is 0 Å². The number of carbonyl (C=O) groups is 2. The molecule has 0 aliphatic carbocycles. The van der Waals surface area contributed by atoms with Crippen LogP contribution >= 0.6 is 0 Å². The van der Waals surface area contributed by atoms with Crippen molar-refractivity contribution in [2.45, 2.75) is 40.3 Å². The zero-order valence-corrected chi connectivity index (χ0v) is 12.0. The maximum atomic E-state index is 12.4. The van der Waals surface area contributed by atoms with Gasteiger partial charge in [0.05, 0.1) is 6.04 Å². The molecule has 3 heteroatoms. The van der Waals surface area contributed by atoms with E-state index in [1.165, 1.54) is 0 Å². The molecule has 1 aromatic carbocycles. The molecule has 2 rings (SSSR count). The summed E-state index contributed by atoms with van der Waals surface area (Å²) in [6.45, 7) is 8.34. The number of nitrogens with zero attached hydrogens (tertiary/aromatic N) is 1. The fourth-order valence-corrected chi connectivity index (χ4v) is 2.69. The zero-order chi connectivity index (χ0) is 14.2. The van der Waals surface area contributed by atoms with Crippen LogP contribution in [0.5, 0.6) is 0 Å². The molecule has 0 saturated heterocycles. The molecule has 0 bridgehead atoms. The van der Waals surface area contributed by atoms with E-state index in [4.69, 9.17) is 0 Å². The molecule has 0 radical (unpaired) electrons. The van der Waals surface area contributed by atoms with Gasteiger partial charge >= 0.3 is 0 Å². The second kappa shape index (κ2) is 5.16. The van der Waals surface area contributed by atoms with Crippen LogP contribution in [0, 0.1) is 11.8 Å². The van der Waals surface area contributed by atoms with Gasteiger partial charge in [0.15, 0.2) is 5.78 Å². The highest BCUT2D eigenvalue weighted by Crippen LogP contribution is 2.28. The van der Waals surface area contributed by atoms with E-state index in [0.29, 0.717) is 6.54 Å². The number of hydrogen-bond donors (Lipinski definition) is 0. The number of ketones is 1. The van der Waals surface area contributed by atoms with E-state index in [9.17, 15) is 9.59 Å². The summed E-state index contributed by atoms with van der Waals surface area (Å²) in [4.78, 5) is 26.6. The number of Topliss-reactive ketones (excluding diaryl/α,β-unsaturated/α-hetero) is 1. The maximum Gasteiger partial charge on any atom is 0.255 e. The Bertz CT molecular complexity index is 505. The summed E-state index contributed by atoms with van der Waals surface area (Å²) < 4.78 is 0. The highest BCUT2D eigenvalue weighted by Gasteiger charge is 2.38. The van der Waals surface area contributed by atoms with Crippen LogP contribution in [0.4, 0.5) is 0 Å². The molecular formula is C16H21NO2. The topological polar surface area (TPSA) is 37.4 Å². The standard InChI is InChI=1S/C16H21NO2/c1-10(2)14(15(18)11(3)4)17-9-12-7-5-6-8-13(12)16(17)19/h5-8,10-11,14H,9H2,1-4H3. The van der Waals surface area contributed by atoms with Crippen molar-refractivity contribution >= 4 is 11.7 Å². The summed E-state index contributed by atoms with van der Waals surface area (Å²) in [5.74, 6) is 0.219. The summed E-state index contributed by atoms with van der Waals surface area (Å²) in [6.07, 6.45) is 0. The van der Waals surface area contributed by atoms with Gasteiger partial charge in [-0.2, -0.15) is 0 Å². The monoisotopic (exact) mass is 259 g/mol. The molecule has 1 amide bonds. The van der Waals surface area contributed by atoms with Crippen LogP contribution in [0.3, 0.4) is 0 Å². The van der Waals surface area contributed by atoms with Crippen molar-refractivity contribution in [3.63, 3.8) is 0 Å². The first-order chi connectivity index (χ1) is 8.93. The quantitative estimate of drug-likeness (QED) is 0.833. The van der Waals surface area contributed by atoms with Crippen molar-refractivity contribution in [1.82, 2.24) is 4.90 Å². The average Bonchev–Trinajstić information content (AvgIpc) is 2.67. The molecule has 1 atom stereocenters. The minimum absolute atomic E-state index is 0.0108. The largest absolute Gasteiger partial charge is 0.324 e. The third kappa shape index (κ3) is 2.42. The maximum absolute atomic E-state index is 12.4. The lowest BCUT2D eigenvalue weighted by Crippen LogP contribution is -2.46. The number of hydrogen-bond acceptors (Lipinski definition) is 2. The highest BCUT2D eigenvalue weighted by atomic mass is 16.2. The molecule has 19 heavy (non-hydrogen) atoms. The first-order valence-corrected chi connectivity index (χ1v) is 6.86. The molecule has 0 N–H and O–H groups in total. The Labute approximate surface area is 114 Å². The van der Waals surface area contributed by atoms with Gasteiger partial charge in [0.2, 0.25) is 0 Å². The van der Waals surface area contributed by atoms with Gasteiger partial charge in [-0.15, -0.1) is 0 Å². The van der Waals surface area contributed by atoms with E-state index in [1.807, 2.05) is 52.0 Å². The van der Waals surface area contributed by atoms with E-state index in [0.717, 1.165) is 11.1 Å². The third-order valence-electron chi connectivity index (χ3n) is 3.68. The van der Waals surface area contributed by atoms with Gasteiger partial charge in [-0.1, -0.05) is 45.9 Å². The van der Waals surface area contributed by atoms with Crippen molar-refractivity contribution in [3.05, 3.63) is 35.4 Å². The molecule has 1 aliphatic heterocycles. The van der Waals surface area contributed by atoms with E-state index < -0.39 is 0 Å².